The van der Waals surface area contributed by atoms with E-state index in [0.29, 0.717) is 16.6 Å². The normalized spacial score (nSPS) is 12.4. The minimum absolute atomic E-state index is 0.0799. The molecule has 2 amide bonds. The van der Waals surface area contributed by atoms with E-state index in [4.69, 9.17) is 21.4 Å². The molecule has 0 unspecified atom stereocenters. The number of amides is 2. The number of aromatic nitrogens is 4. The number of para-hydroxylation sites is 1. The average molecular weight is 551 g/mol. The predicted octanol–water partition coefficient (Wildman–Crippen LogP) is 5.66. The number of pyridine rings is 1. The van der Waals surface area contributed by atoms with Crippen LogP contribution >= 0.6 is 22.9 Å². The van der Waals surface area contributed by atoms with Crippen molar-refractivity contribution in [2.75, 3.05) is 11.9 Å². The van der Waals surface area contributed by atoms with Crippen molar-refractivity contribution in [3.63, 3.8) is 0 Å². The van der Waals surface area contributed by atoms with E-state index in [2.05, 4.69) is 20.6 Å². The Morgan fingerprint density at radius 1 is 1.16 bits per heavy atom. The molecule has 0 fully saturated rings. The van der Waals surface area contributed by atoms with Gasteiger partial charge in [0.05, 0.1) is 39.1 Å². The molecule has 2 N–H and O–H groups in total. The molecule has 3 heterocycles. The molecule has 0 saturated carbocycles. The Kier molecular flexibility index (Phi) is 7.18. The molecule has 0 bridgehead atoms. The van der Waals surface area contributed by atoms with Gasteiger partial charge < -0.3 is 10.1 Å². The van der Waals surface area contributed by atoms with Crippen LogP contribution in [0, 0.1) is 0 Å². The molecule has 3 aromatic heterocycles. The Bertz CT molecular complexity index is 1490. The minimum atomic E-state index is -0.564. The number of rotatable bonds is 6. The smallest absolute Gasteiger partial charge is 0.321 e. The van der Waals surface area contributed by atoms with Crippen molar-refractivity contribution in [2.45, 2.75) is 45.6 Å². The lowest BCUT2D eigenvalue weighted by Gasteiger charge is -2.19. The number of nitrogens with one attached hydrogen (secondary N) is 2. The van der Waals surface area contributed by atoms with Gasteiger partial charge in [-0.3, -0.25) is 15.1 Å². The third-order valence-corrected chi connectivity index (χ3v) is 7.12. The van der Waals surface area contributed by atoms with Crippen molar-refractivity contribution in [2.24, 2.45) is 0 Å². The topological polar surface area (TPSA) is 111 Å². The fourth-order valence-corrected chi connectivity index (χ4v) is 5.55. The summed E-state index contributed by atoms with van der Waals surface area (Å²) >= 11 is 7.96. The number of hydrogen-bond acceptors (Lipinski definition) is 7. The van der Waals surface area contributed by atoms with Crippen molar-refractivity contribution in [3.8, 4) is 27.5 Å². The van der Waals surface area contributed by atoms with Gasteiger partial charge >= 0.3 is 12.0 Å². The van der Waals surface area contributed by atoms with Gasteiger partial charge in [0.2, 0.25) is 0 Å². The van der Waals surface area contributed by atoms with Crippen LogP contribution < -0.4 is 10.6 Å². The number of hydrogen-bond donors (Lipinski definition) is 2. The number of anilines is 1. The molecule has 0 radical (unpaired) electrons. The summed E-state index contributed by atoms with van der Waals surface area (Å²) in [6.45, 7) is 5.57. The standard InChI is InChI=1S/C27H27ClN6O3S/c1-27(2,3)37-21(35)12-14-30-25(36)32-26-31-19-11-10-17-22(16-7-6-13-29-15-16)33-34(23(17)24(19)38-26)20-9-5-4-8-18(20)28/h4-9,13,15H,10-12,14H2,1-3H3,(H2,30,31,32,36). The molecule has 196 valence electrons. The van der Waals surface area contributed by atoms with Crippen LogP contribution in [-0.2, 0) is 22.4 Å². The van der Waals surface area contributed by atoms with Gasteiger partial charge in [-0.1, -0.05) is 35.1 Å². The molecule has 0 aliphatic heterocycles. The quantitative estimate of drug-likeness (QED) is 0.299. The molecule has 1 aliphatic carbocycles. The number of carbonyl (C=O) groups excluding carboxylic acids is 2. The minimum Gasteiger partial charge on any atom is -0.460 e. The molecule has 0 spiro atoms. The van der Waals surface area contributed by atoms with Crippen molar-refractivity contribution in [1.29, 1.82) is 0 Å². The molecule has 1 aliphatic rings. The van der Waals surface area contributed by atoms with Gasteiger partial charge in [0.15, 0.2) is 5.13 Å². The van der Waals surface area contributed by atoms with Crippen molar-refractivity contribution >= 4 is 40.1 Å². The molecule has 4 aromatic rings. The predicted molar refractivity (Wildman–Crippen MR) is 148 cm³/mol. The lowest BCUT2D eigenvalue weighted by Crippen LogP contribution is -2.32. The van der Waals surface area contributed by atoms with E-state index in [-0.39, 0.29) is 18.9 Å². The van der Waals surface area contributed by atoms with Crippen LogP contribution in [0.3, 0.4) is 0 Å². The summed E-state index contributed by atoms with van der Waals surface area (Å²) in [5.74, 6) is -0.368. The number of carbonyl (C=O) groups is 2. The van der Waals surface area contributed by atoms with Crippen molar-refractivity contribution in [3.05, 3.63) is 65.1 Å². The van der Waals surface area contributed by atoms with Crippen LogP contribution in [-0.4, -0.2) is 43.9 Å². The summed E-state index contributed by atoms with van der Waals surface area (Å²) in [6, 6.07) is 11.0. The third-order valence-electron chi connectivity index (χ3n) is 5.78. The Labute approximate surface area is 229 Å². The van der Waals surface area contributed by atoms with E-state index in [0.717, 1.165) is 45.2 Å². The monoisotopic (exact) mass is 550 g/mol. The summed E-state index contributed by atoms with van der Waals surface area (Å²) < 4.78 is 7.14. The van der Waals surface area contributed by atoms with Gasteiger partial charge in [0.25, 0.3) is 0 Å². The molecule has 0 saturated heterocycles. The van der Waals surface area contributed by atoms with Gasteiger partial charge in [0, 0.05) is 30.1 Å². The van der Waals surface area contributed by atoms with E-state index in [1.807, 2.05) is 41.1 Å². The lowest BCUT2D eigenvalue weighted by atomic mass is 9.95. The number of halogens is 1. The van der Waals surface area contributed by atoms with Gasteiger partial charge in [-0.2, -0.15) is 5.10 Å². The summed E-state index contributed by atoms with van der Waals surface area (Å²) in [5.41, 5.74) is 4.85. The molecule has 0 atom stereocenters. The summed E-state index contributed by atoms with van der Waals surface area (Å²) in [7, 11) is 0. The Morgan fingerprint density at radius 3 is 2.71 bits per heavy atom. The molecule has 11 heteroatoms. The van der Waals surface area contributed by atoms with E-state index in [1.54, 1.807) is 33.2 Å². The van der Waals surface area contributed by atoms with Gasteiger partial charge in [-0.05, 0) is 57.9 Å². The van der Waals surface area contributed by atoms with Crippen molar-refractivity contribution in [1.82, 2.24) is 25.1 Å². The fourth-order valence-electron chi connectivity index (χ4n) is 4.27. The first-order valence-corrected chi connectivity index (χ1v) is 13.4. The third kappa shape index (κ3) is 5.56. The summed E-state index contributed by atoms with van der Waals surface area (Å²) in [5, 5.41) is 11.5. The molecule has 5 rings (SSSR count). The maximum Gasteiger partial charge on any atom is 0.321 e. The fraction of sp³-hybridized carbons (Fsp3) is 0.296. The van der Waals surface area contributed by atoms with E-state index < -0.39 is 11.6 Å². The number of benzene rings is 1. The number of nitrogens with zero attached hydrogens (tertiary/aromatic N) is 4. The SMILES string of the molecule is CC(C)(C)OC(=O)CCNC(=O)Nc1nc2c(s1)-c1c(c(-c3cccnc3)nn1-c1ccccc1Cl)CC2. The highest BCUT2D eigenvalue weighted by atomic mass is 35.5. The lowest BCUT2D eigenvalue weighted by molar-refractivity contribution is -0.154. The second-order valence-corrected chi connectivity index (χ2v) is 11.2. The van der Waals surface area contributed by atoms with E-state index in [9.17, 15) is 9.59 Å². The number of fused-ring (bicyclic) bond motifs is 3. The van der Waals surface area contributed by atoms with Crippen molar-refractivity contribution < 1.29 is 14.3 Å². The Morgan fingerprint density at radius 2 is 1.97 bits per heavy atom. The number of aryl methyl sites for hydroxylation is 1. The maximum atomic E-state index is 12.5. The largest absolute Gasteiger partial charge is 0.460 e. The van der Waals surface area contributed by atoms with Crippen LogP contribution in [0.15, 0.2) is 48.8 Å². The van der Waals surface area contributed by atoms with E-state index >= 15 is 0 Å². The Hall–Kier alpha value is -3.76. The summed E-state index contributed by atoms with van der Waals surface area (Å²) in [4.78, 5) is 34.3. The highest BCUT2D eigenvalue weighted by molar-refractivity contribution is 7.19. The molecular formula is C27H27ClN6O3S. The number of thiazole rings is 1. The van der Waals surface area contributed by atoms with Gasteiger partial charge in [-0.25, -0.2) is 14.5 Å². The second kappa shape index (κ2) is 10.5. The summed E-state index contributed by atoms with van der Waals surface area (Å²) in [6.07, 6.45) is 5.07. The van der Waals surface area contributed by atoms with Crippen LogP contribution in [0.2, 0.25) is 5.02 Å². The number of urea groups is 1. The highest BCUT2D eigenvalue weighted by Gasteiger charge is 2.30. The zero-order valence-corrected chi connectivity index (χ0v) is 22.8. The first-order valence-electron chi connectivity index (χ1n) is 12.2. The van der Waals surface area contributed by atoms with Crippen LogP contribution in [0.4, 0.5) is 9.93 Å². The maximum absolute atomic E-state index is 12.5. The molecule has 38 heavy (non-hydrogen) atoms. The first kappa shape index (κ1) is 25.9. The van der Waals surface area contributed by atoms with Gasteiger partial charge in [-0.15, -0.1) is 0 Å². The molecule has 1 aromatic carbocycles. The second-order valence-electron chi connectivity index (χ2n) is 9.79. The highest BCUT2D eigenvalue weighted by Crippen LogP contribution is 2.44. The molecule has 9 nitrogen and oxygen atoms in total. The number of ether oxygens (including phenoxy) is 1. The first-order chi connectivity index (χ1) is 18.2. The van der Waals surface area contributed by atoms with Crippen LogP contribution in [0.1, 0.15) is 38.4 Å². The average Bonchev–Trinajstić information content (AvgIpc) is 3.44. The van der Waals surface area contributed by atoms with Crippen LogP contribution in [0.5, 0.6) is 0 Å². The zero-order valence-electron chi connectivity index (χ0n) is 21.2. The number of esters is 1. The zero-order chi connectivity index (χ0) is 26.9. The Balaban J connectivity index is 1.41. The molecular weight excluding hydrogens is 524 g/mol. The van der Waals surface area contributed by atoms with Crippen LogP contribution in [0.25, 0.3) is 27.5 Å². The van der Waals surface area contributed by atoms with E-state index in [1.165, 1.54) is 11.3 Å². The van der Waals surface area contributed by atoms with Gasteiger partial charge in [0.1, 0.15) is 5.60 Å².